The van der Waals surface area contributed by atoms with Crippen molar-refractivity contribution in [2.75, 3.05) is 18.9 Å². The minimum atomic E-state index is -0.187. The summed E-state index contributed by atoms with van der Waals surface area (Å²) in [6.07, 6.45) is 10.4. The number of aliphatic imine (C=N–C) groups is 1. The lowest BCUT2D eigenvalue weighted by atomic mass is 10.0. The molecule has 6 heteroatoms. The van der Waals surface area contributed by atoms with E-state index in [0.717, 1.165) is 36.9 Å². The first kappa shape index (κ1) is 20.2. The number of rotatable bonds is 9. The Balaban J connectivity index is 2.11. The average molecular weight is 359 g/mol. The number of aromatic nitrogens is 2. The van der Waals surface area contributed by atoms with Crippen LogP contribution in [0.25, 0.3) is 0 Å². The van der Waals surface area contributed by atoms with Crippen LogP contribution in [0, 0.1) is 0 Å². The minimum absolute atomic E-state index is 0.187. The van der Waals surface area contributed by atoms with Gasteiger partial charge in [-0.1, -0.05) is 13.0 Å². The molecule has 1 aromatic rings. The Labute approximate surface area is 157 Å². The summed E-state index contributed by atoms with van der Waals surface area (Å²) in [5, 5.41) is 10.8. The van der Waals surface area contributed by atoms with Gasteiger partial charge in [0.2, 0.25) is 0 Å². The number of nitrogens with two attached hydrogens (primary N) is 1. The number of amidine groups is 1. The molecule has 1 aliphatic carbocycles. The van der Waals surface area contributed by atoms with E-state index in [2.05, 4.69) is 60.4 Å². The van der Waals surface area contributed by atoms with Crippen molar-refractivity contribution in [1.82, 2.24) is 15.1 Å². The Hall–Kier alpha value is -2.08. The molecule has 1 aliphatic rings. The molecule has 144 valence electrons. The third-order valence-corrected chi connectivity index (χ3v) is 4.30. The van der Waals surface area contributed by atoms with E-state index in [-0.39, 0.29) is 5.54 Å². The highest BCUT2D eigenvalue weighted by Crippen LogP contribution is 2.39. The summed E-state index contributed by atoms with van der Waals surface area (Å²) in [5.41, 5.74) is 7.14. The number of hydrogen-bond donors (Lipinski definition) is 3. The summed E-state index contributed by atoms with van der Waals surface area (Å²) in [5.74, 6) is 3.18. The van der Waals surface area contributed by atoms with Gasteiger partial charge in [0.1, 0.15) is 11.7 Å². The van der Waals surface area contributed by atoms with Gasteiger partial charge >= 0.3 is 0 Å². The lowest BCUT2D eigenvalue weighted by molar-refractivity contribution is 0.347. The van der Waals surface area contributed by atoms with Crippen molar-refractivity contribution in [3.63, 3.8) is 0 Å². The maximum Gasteiger partial charge on any atom is 0.153 e. The fourth-order valence-corrected chi connectivity index (χ4v) is 2.56. The highest BCUT2D eigenvalue weighted by molar-refractivity contribution is 6.03. The van der Waals surface area contributed by atoms with Gasteiger partial charge in [-0.2, -0.15) is 5.10 Å². The van der Waals surface area contributed by atoms with E-state index in [1.54, 1.807) is 0 Å². The zero-order chi connectivity index (χ0) is 19.2. The molecule has 0 amide bonds. The fraction of sp³-hybridized carbons (Fsp3) is 0.600. The fourth-order valence-electron chi connectivity index (χ4n) is 2.56. The SMILES string of the molecule is C\C=C/C(=N\C(=C\CC)N(C)CCC(C)(C)N)Nc1cc(C2CC2)[nH]n1. The molecule has 0 aliphatic heterocycles. The number of nitrogens with one attached hydrogen (secondary N) is 2. The van der Waals surface area contributed by atoms with Crippen LogP contribution in [0.3, 0.4) is 0 Å². The number of aromatic amines is 1. The predicted molar refractivity (Wildman–Crippen MR) is 110 cm³/mol. The van der Waals surface area contributed by atoms with Crippen molar-refractivity contribution in [3.05, 3.63) is 35.8 Å². The molecule has 1 fully saturated rings. The topological polar surface area (TPSA) is 82.3 Å². The second-order valence-corrected chi connectivity index (χ2v) is 7.74. The molecule has 6 nitrogen and oxygen atoms in total. The normalized spacial score (nSPS) is 16.4. The van der Waals surface area contributed by atoms with E-state index in [0.29, 0.717) is 5.92 Å². The van der Waals surface area contributed by atoms with Gasteiger partial charge in [0.05, 0.1) is 0 Å². The molecule has 4 N–H and O–H groups in total. The molecule has 1 heterocycles. The van der Waals surface area contributed by atoms with Crippen LogP contribution < -0.4 is 11.1 Å². The van der Waals surface area contributed by atoms with E-state index in [1.165, 1.54) is 18.5 Å². The summed E-state index contributed by atoms with van der Waals surface area (Å²) < 4.78 is 0. The van der Waals surface area contributed by atoms with Crippen molar-refractivity contribution in [3.8, 4) is 0 Å². The van der Waals surface area contributed by atoms with Gasteiger partial charge in [-0.3, -0.25) is 5.10 Å². The standard InChI is InChI=1S/C20H34N6/c1-6-8-17(22-18-14-16(24-25-18)15-10-11-15)23-19(9-7-2)26(5)13-12-20(3,4)21/h6,8-9,14-15H,7,10-13,21H2,1-5H3,(H2,22,23,24,25)/b8-6-,19-9-. The molecule has 1 aromatic heterocycles. The van der Waals surface area contributed by atoms with E-state index >= 15 is 0 Å². The van der Waals surface area contributed by atoms with E-state index < -0.39 is 0 Å². The summed E-state index contributed by atoms with van der Waals surface area (Å²) in [6.45, 7) is 9.07. The van der Waals surface area contributed by atoms with E-state index in [9.17, 15) is 0 Å². The van der Waals surface area contributed by atoms with E-state index in [4.69, 9.17) is 10.7 Å². The van der Waals surface area contributed by atoms with Gasteiger partial charge in [0, 0.05) is 36.8 Å². The van der Waals surface area contributed by atoms with Crippen LogP contribution in [0.15, 0.2) is 35.1 Å². The van der Waals surface area contributed by atoms with Crippen molar-refractivity contribution < 1.29 is 0 Å². The molecular weight excluding hydrogens is 324 g/mol. The number of allylic oxidation sites excluding steroid dienone is 2. The zero-order valence-corrected chi connectivity index (χ0v) is 16.8. The maximum absolute atomic E-state index is 6.12. The maximum atomic E-state index is 6.12. The quantitative estimate of drug-likeness (QED) is 0.460. The Morgan fingerprint density at radius 2 is 2.23 bits per heavy atom. The second-order valence-electron chi connectivity index (χ2n) is 7.74. The van der Waals surface area contributed by atoms with Crippen LogP contribution >= 0.6 is 0 Å². The van der Waals surface area contributed by atoms with Gasteiger partial charge in [0.15, 0.2) is 5.82 Å². The number of anilines is 1. The predicted octanol–water partition coefficient (Wildman–Crippen LogP) is 3.98. The Morgan fingerprint density at radius 3 is 2.81 bits per heavy atom. The van der Waals surface area contributed by atoms with Crippen molar-refractivity contribution in [2.24, 2.45) is 10.7 Å². The van der Waals surface area contributed by atoms with Crippen LogP contribution in [0.1, 0.15) is 65.0 Å². The summed E-state index contributed by atoms with van der Waals surface area (Å²) in [6, 6.07) is 2.08. The summed E-state index contributed by atoms with van der Waals surface area (Å²) >= 11 is 0. The first-order chi connectivity index (χ1) is 12.3. The molecule has 0 aromatic carbocycles. The summed E-state index contributed by atoms with van der Waals surface area (Å²) in [4.78, 5) is 6.99. The van der Waals surface area contributed by atoms with Gasteiger partial charge in [-0.25, -0.2) is 4.99 Å². The molecule has 0 atom stereocenters. The van der Waals surface area contributed by atoms with Crippen LogP contribution in [0.4, 0.5) is 5.82 Å². The number of nitrogens with zero attached hydrogens (tertiary/aromatic N) is 3. The molecule has 0 bridgehead atoms. The molecular formula is C20H34N6. The second kappa shape index (κ2) is 9.03. The Bertz CT molecular complexity index is 658. The lowest BCUT2D eigenvalue weighted by Crippen LogP contribution is -2.36. The van der Waals surface area contributed by atoms with Gasteiger partial charge in [-0.15, -0.1) is 0 Å². The van der Waals surface area contributed by atoms with Gasteiger partial charge in [0.25, 0.3) is 0 Å². The third-order valence-electron chi connectivity index (χ3n) is 4.30. The van der Waals surface area contributed by atoms with Crippen LogP contribution in [0.5, 0.6) is 0 Å². The van der Waals surface area contributed by atoms with Crippen molar-refractivity contribution in [2.45, 2.75) is 64.8 Å². The molecule has 0 radical (unpaired) electrons. The van der Waals surface area contributed by atoms with Crippen LogP contribution in [-0.4, -0.2) is 40.1 Å². The lowest BCUT2D eigenvalue weighted by Gasteiger charge is -2.25. The van der Waals surface area contributed by atoms with Crippen molar-refractivity contribution >= 4 is 11.7 Å². The molecule has 1 saturated carbocycles. The van der Waals surface area contributed by atoms with E-state index in [1.807, 2.05) is 19.1 Å². The highest BCUT2D eigenvalue weighted by Gasteiger charge is 2.25. The third kappa shape index (κ3) is 6.67. The Kier molecular flexibility index (Phi) is 7.03. The molecule has 2 rings (SSSR count). The first-order valence-corrected chi connectivity index (χ1v) is 9.56. The van der Waals surface area contributed by atoms with Crippen LogP contribution in [-0.2, 0) is 0 Å². The highest BCUT2D eigenvalue weighted by atomic mass is 15.2. The first-order valence-electron chi connectivity index (χ1n) is 9.56. The minimum Gasteiger partial charge on any atom is -0.360 e. The summed E-state index contributed by atoms with van der Waals surface area (Å²) in [7, 11) is 2.06. The van der Waals surface area contributed by atoms with Gasteiger partial charge in [-0.05, 0) is 58.6 Å². The number of H-pyrrole nitrogens is 1. The largest absolute Gasteiger partial charge is 0.360 e. The zero-order valence-electron chi connectivity index (χ0n) is 16.8. The molecule has 0 unspecified atom stereocenters. The van der Waals surface area contributed by atoms with Crippen LogP contribution in [0.2, 0.25) is 0 Å². The molecule has 0 saturated heterocycles. The van der Waals surface area contributed by atoms with Crippen molar-refractivity contribution in [1.29, 1.82) is 0 Å². The molecule has 0 spiro atoms. The Morgan fingerprint density at radius 1 is 1.50 bits per heavy atom. The average Bonchev–Trinajstić information content (AvgIpc) is 3.31. The molecule has 26 heavy (non-hydrogen) atoms. The van der Waals surface area contributed by atoms with Gasteiger partial charge < -0.3 is 16.0 Å². The monoisotopic (exact) mass is 358 g/mol. The smallest absolute Gasteiger partial charge is 0.153 e. The number of hydrogen-bond acceptors (Lipinski definition) is 4.